The molecule has 0 bridgehead atoms. The third-order valence-corrected chi connectivity index (χ3v) is 4.02. The van der Waals surface area contributed by atoms with E-state index in [4.69, 9.17) is 16.3 Å². The summed E-state index contributed by atoms with van der Waals surface area (Å²) in [5, 5.41) is 13.5. The number of benzene rings is 1. The van der Waals surface area contributed by atoms with Crippen molar-refractivity contribution < 1.29 is 14.6 Å². The third kappa shape index (κ3) is 4.90. The van der Waals surface area contributed by atoms with Crippen LogP contribution in [0.4, 0.5) is 0 Å². The number of rotatable bonds is 4. The first kappa shape index (κ1) is 16.1. The number of aliphatic hydroxyl groups is 1. The van der Waals surface area contributed by atoms with Gasteiger partial charge in [0.2, 0.25) is 0 Å². The Kier molecular flexibility index (Phi) is 5.88. The average Bonchev–Trinajstić information content (AvgIpc) is 2.64. The normalized spacial score (nSPS) is 24.0. The summed E-state index contributed by atoms with van der Waals surface area (Å²) in [6.45, 7) is 1.69. The maximum atomic E-state index is 12.2. The van der Waals surface area contributed by atoms with Gasteiger partial charge in [-0.2, -0.15) is 0 Å². The fourth-order valence-corrected chi connectivity index (χ4v) is 2.73. The van der Waals surface area contributed by atoms with Gasteiger partial charge in [-0.1, -0.05) is 36.9 Å². The molecule has 1 aromatic rings. The topological polar surface area (TPSA) is 58.6 Å². The van der Waals surface area contributed by atoms with Crippen molar-refractivity contribution >= 4 is 17.5 Å². The Balaban J connectivity index is 1.89. The molecule has 116 valence electrons. The molecule has 4 nitrogen and oxygen atoms in total. The van der Waals surface area contributed by atoms with E-state index in [2.05, 4.69) is 5.32 Å². The van der Waals surface area contributed by atoms with Gasteiger partial charge in [-0.25, -0.2) is 0 Å². The molecule has 1 aliphatic carbocycles. The molecule has 21 heavy (non-hydrogen) atoms. The lowest BCUT2D eigenvalue weighted by atomic mass is 10.1. The highest BCUT2D eigenvalue weighted by Crippen LogP contribution is 2.20. The Morgan fingerprint density at radius 1 is 1.38 bits per heavy atom. The molecule has 1 fully saturated rings. The second-order valence-electron chi connectivity index (χ2n) is 5.54. The number of hydrogen-bond acceptors (Lipinski definition) is 3. The van der Waals surface area contributed by atoms with Gasteiger partial charge in [0.25, 0.3) is 5.91 Å². The van der Waals surface area contributed by atoms with Gasteiger partial charge in [0.15, 0.2) is 6.10 Å². The van der Waals surface area contributed by atoms with E-state index in [1.807, 2.05) is 0 Å². The fourth-order valence-electron chi connectivity index (χ4n) is 2.55. The van der Waals surface area contributed by atoms with Crippen LogP contribution in [0.15, 0.2) is 24.3 Å². The highest BCUT2D eigenvalue weighted by molar-refractivity contribution is 6.30. The molecule has 2 rings (SSSR count). The highest BCUT2D eigenvalue weighted by atomic mass is 35.5. The Labute approximate surface area is 130 Å². The molecule has 3 atom stereocenters. The minimum absolute atomic E-state index is 0.176. The third-order valence-electron chi connectivity index (χ3n) is 3.79. The van der Waals surface area contributed by atoms with Crippen molar-refractivity contribution in [3.8, 4) is 5.75 Å². The number of ether oxygens (including phenoxy) is 1. The van der Waals surface area contributed by atoms with Crippen LogP contribution in [0, 0.1) is 0 Å². The van der Waals surface area contributed by atoms with Crippen LogP contribution in [-0.4, -0.2) is 29.3 Å². The first-order valence-corrected chi connectivity index (χ1v) is 7.84. The molecule has 1 saturated carbocycles. The van der Waals surface area contributed by atoms with E-state index < -0.39 is 12.2 Å². The first-order valence-electron chi connectivity index (χ1n) is 7.47. The zero-order valence-corrected chi connectivity index (χ0v) is 13.0. The van der Waals surface area contributed by atoms with Crippen molar-refractivity contribution in [1.82, 2.24) is 5.32 Å². The van der Waals surface area contributed by atoms with Crippen molar-refractivity contribution in [3.05, 3.63) is 29.3 Å². The highest BCUT2D eigenvalue weighted by Gasteiger charge is 2.25. The van der Waals surface area contributed by atoms with E-state index in [0.29, 0.717) is 10.8 Å². The van der Waals surface area contributed by atoms with Crippen LogP contribution in [0.1, 0.15) is 39.0 Å². The molecule has 1 aliphatic rings. The Bertz CT molecular complexity index is 480. The first-order chi connectivity index (χ1) is 10.1. The maximum absolute atomic E-state index is 12.2. The van der Waals surface area contributed by atoms with Gasteiger partial charge in [0, 0.05) is 5.02 Å². The molecule has 0 aromatic heterocycles. The summed E-state index contributed by atoms with van der Waals surface area (Å²) in [6.07, 6.45) is 3.63. The van der Waals surface area contributed by atoms with Crippen molar-refractivity contribution in [1.29, 1.82) is 0 Å². The second kappa shape index (κ2) is 7.66. The minimum atomic E-state index is -0.626. The molecule has 3 unspecified atom stereocenters. The fraction of sp³-hybridized carbons (Fsp3) is 0.562. The zero-order chi connectivity index (χ0) is 15.2. The lowest BCUT2D eigenvalue weighted by molar-refractivity contribution is -0.128. The molecule has 0 heterocycles. The second-order valence-corrected chi connectivity index (χ2v) is 5.97. The van der Waals surface area contributed by atoms with Gasteiger partial charge in [-0.05, 0) is 38.0 Å². The Morgan fingerprint density at radius 2 is 2.14 bits per heavy atom. The molecule has 0 spiro atoms. The molecular formula is C16H22ClNO3. The van der Waals surface area contributed by atoms with Gasteiger partial charge >= 0.3 is 0 Å². The standard InChI is InChI=1S/C16H22ClNO3/c1-11(21-13-7-5-6-12(17)10-13)16(20)18-14-8-3-2-4-9-15(14)19/h5-7,10-11,14-15,19H,2-4,8-9H2,1H3,(H,18,20). The molecular weight excluding hydrogens is 290 g/mol. The van der Waals surface area contributed by atoms with Crippen LogP contribution < -0.4 is 10.1 Å². The monoisotopic (exact) mass is 311 g/mol. The summed E-state index contributed by atoms with van der Waals surface area (Å²) < 4.78 is 5.59. The zero-order valence-electron chi connectivity index (χ0n) is 12.2. The number of aliphatic hydroxyl groups excluding tert-OH is 1. The van der Waals surface area contributed by atoms with Crippen LogP contribution in [0.5, 0.6) is 5.75 Å². The van der Waals surface area contributed by atoms with Crippen LogP contribution in [0.3, 0.4) is 0 Å². The summed E-state index contributed by atoms with van der Waals surface area (Å²) in [7, 11) is 0. The van der Waals surface area contributed by atoms with Crippen LogP contribution in [-0.2, 0) is 4.79 Å². The van der Waals surface area contributed by atoms with E-state index in [1.54, 1.807) is 31.2 Å². The molecule has 0 saturated heterocycles. The predicted octanol–water partition coefficient (Wildman–Crippen LogP) is 2.92. The van der Waals surface area contributed by atoms with Crippen LogP contribution in [0.2, 0.25) is 5.02 Å². The summed E-state index contributed by atoms with van der Waals surface area (Å²) >= 11 is 5.89. The largest absolute Gasteiger partial charge is 0.481 e. The average molecular weight is 312 g/mol. The van der Waals surface area contributed by atoms with Crippen LogP contribution in [0.25, 0.3) is 0 Å². The number of carbonyl (C=O) groups excluding carboxylic acids is 1. The van der Waals surface area contributed by atoms with E-state index in [0.717, 1.165) is 32.1 Å². The molecule has 0 radical (unpaired) electrons. The van der Waals surface area contributed by atoms with Gasteiger partial charge in [-0.15, -0.1) is 0 Å². The van der Waals surface area contributed by atoms with E-state index in [1.165, 1.54) is 0 Å². The number of carbonyl (C=O) groups is 1. The summed E-state index contributed by atoms with van der Waals surface area (Å²) in [5.74, 6) is 0.354. The van der Waals surface area contributed by atoms with Gasteiger partial charge in [-0.3, -0.25) is 4.79 Å². The molecule has 1 amide bonds. The lowest BCUT2D eigenvalue weighted by Crippen LogP contribution is -2.47. The predicted molar refractivity (Wildman–Crippen MR) is 82.6 cm³/mol. The lowest BCUT2D eigenvalue weighted by Gasteiger charge is -2.24. The number of nitrogens with one attached hydrogen (secondary N) is 1. The van der Waals surface area contributed by atoms with Gasteiger partial charge in [0.1, 0.15) is 5.75 Å². The molecule has 0 aliphatic heterocycles. The van der Waals surface area contributed by atoms with E-state index in [-0.39, 0.29) is 11.9 Å². The smallest absolute Gasteiger partial charge is 0.261 e. The Hall–Kier alpha value is -1.26. The van der Waals surface area contributed by atoms with Crippen LogP contribution >= 0.6 is 11.6 Å². The van der Waals surface area contributed by atoms with Gasteiger partial charge in [0.05, 0.1) is 12.1 Å². The summed E-state index contributed by atoms with van der Waals surface area (Å²) in [4.78, 5) is 12.2. The van der Waals surface area contributed by atoms with Crippen molar-refractivity contribution in [3.63, 3.8) is 0 Å². The van der Waals surface area contributed by atoms with Gasteiger partial charge < -0.3 is 15.2 Å². The minimum Gasteiger partial charge on any atom is -0.481 e. The van der Waals surface area contributed by atoms with E-state index in [9.17, 15) is 9.90 Å². The summed E-state index contributed by atoms with van der Waals surface area (Å²) in [5.41, 5.74) is 0. The summed E-state index contributed by atoms with van der Waals surface area (Å²) in [6, 6.07) is 6.78. The van der Waals surface area contributed by atoms with Crippen molar-refractivity contribution in [2.24, 2.45) is 0 Å². The molecule has 5 heteroatoms. The van der Waals surface area contributed by atoms with Crippen molar-refractivity contribution in [2.45, 2.75) is 57.3 Å². The van der Waals surface area contributed by atoms with Crippen molar-refractivity contribution in [2.75, 3.05) is 0 Å². The maximum Gasteiger partial charge on any atom is 0.261 e. The molecule has 1 aromatic carbocycles. The molecule has 2 N–H and O–H groups in total. The number of halogens is 1. The number of amides is 1. The quantitative estimate of drug-likeness (QED) is 0.841. The van der Waals surface area contributed by atoms with E-state index >= 15 is 0 Å². The number of hydrogen-bond donors (Lipinski definition) is 2. The Morgan fingerprint density at radius 3 is 2.90 bits per heavy atom. The SMILES string of the molecule is CC(Oc1cccc(Cl)c1)C(=O)NC1CCCCCC1O.